The third-order valence-electron chi connectivity index (χ3n) is 6.54. The molecule has 1 aliphatic rings. The van der Waals surface area contributed by atoms with E-state index in [2.05, 4.69) is 55.8 Å². The topological polar surface area (TPSA) is 63.5 Å². The van der Waals surface area contributed by atoms with Gasteiger partial charge in [0.25, 0.3) is 0 Å². The fraction of sp³-hybridized carbons (Fsp3) is 0.444. The summed E-state index contributed by atoms with van der Waals surface area (Å²) in [5, 5.41) is 13.8. The van der Waals surface area contributed by atoms with Crippen LogP contribution >= 0.6 is 0 Å². The second kappa shape index (κ2) is 8.28. The highest BCUT2D eigenvalue weighted by Gasteiger charge is 2.51. The molecule has 5 heteroatoms. The Morgan fingerprint density at radius 2 is 1.94 bits per heavy atom. The summed E-state index contributed by atoms with van der Waals surface area (Å²) in [6.45, 7) is 9.58. The van der Waals surface area contributed by atoms with E-state index in [9.17, 15) is 9.90 Å². The summed E-state index contributed by atoms with van der Waals surface area (Å²) in [6, 6.07) is 16.2. The molecule has 0 unspecified atom stereocenters. The number of nitrogens with one attached hydrogen (secondary N) is 1. The van der Waals surface area contributed by atoms with Crippen LogP contribution in [0.1, 0.15) is 51.8 Å². The first-order valence-corrected chi connectivity index (χ1v) is 11.4. The fourth-order valence-electron chi connectivity index (χ4n) is 4.48. The van der Waals surface area contributed by atoms with Gasteiger partial charge in [-0.15, -0.1) is 0 Å². The molecule has 4 rings (SSSR count). The summed E-state index contributed by atoms with van der Waals surface area (Å²) in [5.41, 5.74) is 3.68. The van der Waals surface area contributed by atoms with Gasteiger partial charge in [0.1, 0.15) is 5.75 Å². The maximum absolute atomic E-state index is 13.3. The largest absolute Gasteiger partial charge is 0.497 e. The molecule has 0 radical (unpaired) electrons. The minimum absolute atomic E-state index is 0.0258. The highest BCUT2D eigenvalue weighted by molar-refractivity contribution is 6.02. The molecule has 2 N–H and O–H groups in total. The van der Waals surface area contributed by atoms with Gasteiger partial charge in [-0.25, -0.2) is 0 Å². The Bertz CT molecular complexity index is 1140. The van der Waals surface area contributed by atoms with Gasteiger partial charge in [0.2, 0.25) is 5.91 Å². The van der Waals surface area contributed by atoms with E-state index < -0.39 is 5.41 Å². The quantitative estimate of drug-likeness (QED) is 0.534. The lowest BCUT2D eigenvalue weighted by atomic mass is 9.92. The SMILES string of the molecule is COc1cccc(C2(C(=O)Nc3ccc4c(c3)cc(C(C)(C)C)n4C[C@@H](C)CO)CC2)c1. The van der Waals surface area contributed by atoms with Gasteiger partial charge in [-0.1, -0.05) is 39.8 Å². The molecule has 1 saturated carbocycles. The number of anilines is 1. The molecular weight excluding hydrogens is 400 g/mol. The highest BCUT2D eigenvalue weighted by atomic mass is 16.5. The average Bonchev–Trinajstić information content (AvgIpc) is 3.50. The Labute approximate surface area is 190 Å². The summed E-state index contributed by atoms with van der Waals surface area (Å²) in [5.74, 6) is 0.981. The number of nitrogens with zero attached hydrogens (tertiary/aromatic N) is 1. The molecule has 170 valence electrons. The molecule has 5 nitrogen and oxygen atoms in total. The van der Waals surface area contributed by atoms with Gasteiger partial charge in [0.05, 0.1) is 12.5 Å². The van der Waals surface area contributed by atoms with Crippen LogP contribution in [-0.2, 0) is 22.2 Å². The first kappa shape index (κ1) is 22.4. The van der Waals surface area contributed by atoms with Crippen molar-refractivity contribution < 1.29 is 14.6 Å². The van der Waals surface area contributed by atoms with Crippen LogP contribution in [0.2, 0.25) is 0 Å². The first-order valence-electron chi connectivity index (χ1n) is 11.4. The molecule has 32 heavy (non-hydrogen) atoms. The number of rotatable bonds is 7. The Kier molecular flexibility index (Phi) is 5.80. The van der Waals surface area contributed by atoms with Crippen LogP contribution in [0.5, 0.6) is 5.75 Å². The van der Waals surface area contributed by atoms with Crippen LogP contribution in [0, 0.1) is 5.92 Å². The number of fused-ring (bicyclic) bond motifs is 1. The van der Waals surface area contributed by atoms with Crippen molar-refractivity contribution in [3.05, 3.63) is 59.8 Å². The molecule has 0 spiro atoms. The zero-order valence-corrected chi connectivity index (χ0v) is 19.7. The van der Waals surface area contributed by atoms with Crippen LogP contribution in [0.25, 0.3) is 10.9 Å². The van der Waals surface area contributed by atoms with Crippen molar-refractivity contribution in [2.45, 2.75) is 57.9 Å². The number of benzene rings is 2. The van der Waals surface area contributed by atoms with Gasteiger partial charge in [-0.2, -0.15) is 0 Å². The zero-order chi connectivity index (χ0) is 23.1. The van der Waals surface area contributed by atoms with E-state index in [1.807, 2.05) is 30.3 Å². The Hall–Kier alpha value is -2.79. The number of amides is 1. The normalized spacial score (nSPS) is 16.1. The maximum atomic E-state index is 13.3. The molecule has 1 heterocycles. The summed E-state index contributed by atoms with van der Waals surface area (Å²) in [6.07, 6.45) is 1.69. The summed E-state index contributed by atoms with van der Waals surface area (Å²) in [7, 11) is 1.65. The molecular formula is C27H34N2O3. The van der Waals surface area contributed by atoms with Gasteiger partial charge in [0.15, 0.2) is 0 Å². The molecule has 1 aliphatic carbocycles. The van der Waals surface area contributed by atoms with Crippen LogP contribution < -0.4 is 10.1 Å². The molecule has 0 saturated heterocycles. The summed E-state index contributed by atoms with van der Waals surface area (Å²) < 4.78 is 7.66. The van der Waals surface area contributed by atoms with Crippen molar-refractivity contribution in [1.29, 1.82) is 0 Å². The number of hydrogen-bond donors (Lipinski definition) is 2. The van der Waals surface area contributed by atoms with E-state index in [0.717, 1.165) is 47.3 Å². The third-order valence-corrected chi connectivity index (χ3v) is 6.54. The summed E-state index contributed by atoms with van der Waals surface area (Å²) >= 11 is 0. The molecule has 0 aliphatic heterocycles. The molecule has 2 aromatic carbocycles. The molecule has 3 aromatic rings. The summed E-state index contributed by atoms with van der Waals surface area (Å²) in [4.78, 5) is 13.3. The second-order valence-electron chi connectivity index (χ2n) is 10.2. The number of aromatic nitrogens is 1. The van der Waals surface area contributed by atoms with Gasteiger partial charge in [-0.05, 0) is 60.7 Å². The number of aliphatic hydroxyl groups excluding tert-OH is 1. The maximum Gasteiger partial charge on any atom is 0.235 e. The van der Waals surface area contributed by atoms with E-state index in [0.29, 0.717) is 0 Å². The van der Waals surface area contributed by atoms with E-state index in [1.54, 1.807) is 7.11 Å². The Morgan fingerprint density at radius 3 is 2.56 bits per heavy atom. The third kappa shape index (κ3) is 4.14. The second-order valence-corrected chi connectivity index (χ2v) is 10.2. The van der Waals surface area contributed by atoms with Crippen LogP contribution in [-0.4, -0.2) is 29.3 Å². The van der Waals surface area contributed by atoms with Crippen LogP contribution in [0.4, 0.5) is 5.69 Å². The number of aliphatic hydroxyl groups is 1. The number of hydrogen-bond acceptors (Lipinski definition) is 3. The highest BCUT2D eigenvalue weighted by Crippen LogP contribution is 2.49. The Balaban J connectivity index is 1.63. The molecule has 0 bridgehead atoms. The van der Waals surface area contributed by atoms with Crippen molar-refractivity contribution >= 4 is 22.5 Å². The van der Waals surface area contributed by atoms with Crippen molar-refractivity contribution in [3.63, 3.8) is 0 Å². The minimum atomic E-state index is -0.470. The lowest BCUT2D eigenvalue weighted by Crippen LogP contribution is -2.27. The van der Waals surface area contributed by atoms with Crippen molar-refractivity contribution in [2.24, 2.45) is 5.92 Å². The van der Waals surface area contributed by atoms with Gasteiger partial charge < -0.3 is 19.7 Å². The predicted molar refractivity (Wildman–Crippen MR) is 129 cm³/mol. The van der Waals surface area contributed by atoms with Gasteiger partial charge >= 0.3 is 0 Å². The number of carbonyl (C=O) groups is 1. The minimum Gasteiger partial charge on any atom is -0.497 e. The lowest BCUT2D eigenvalue weighted by Gasteiger charge is -2.23. The van der Waals surface area contributed by atoms with Crippen molar-refractivity contribution in [1.82, 2.24) is 4.57 Å². The van der Waals surface area contributed by atoms with E-state index in [4.69, 9.17) is 4.74 Å². The van der Waals surface area contributed by atoms with Crippen molar-refractivity contribution in [2.75, 3.05) is 19.0 Å². The number of methoxy groups -OCH3 is 1. The average molecular weight is 435 g/mol. The molecule has 1 aromatic heterocycles. The molecule has 1 amide bonds. The lowest BCUT2D eigenvalue weighted by molar-refractivity contribution is -0.118. The Morgan fingerprint density at radius 1 is 1.19 bits per heavy atom. The van der Waals surface area contributed by atoms with E-state index in [-0.39, 0.29) is 23.8 Å². The van der Waals surface area contributed by atoms with Gasteiger partial charge in [0, 0.05) is 40.9 Å². The smallest absolute Gasteiger partial charge is 0.235 e. The molecule has 1 atom stereocenters. The van der Waals surface area contributed by atoms with E-state index in [1.165, 1.54) is 5.69 Å². The van der Waals surface area contributed by atoms with E-state index >= 15 is 0 Å². The predicted octanol–water partition coefficient (Wildman–Crippen LogP) is 5.25. The number of carbonyl (C=O) groups excluding carboxylic acids is 1. The monoisotopic (exact) mass is 434 g/mol. The standard InChI is InChI=1S/C27H34N2O3/c1-18(17-30)16-29-23-10-9-21(13-19(23)14-24(29)26(2,3)4)28-25(31)27(11-12-27)20-7-6-8-22(15-20)32-5/h6-10,13-15,18,30H,11-12,16-17H2,1-5H3,(H,28,31)/t18-/m1/s1. The van der Waals surface area contributed by atoms with Crippen molar-refractivity contribution in [3.8, 4) is 5.75 Å². The fourth-order valence-corrected chi connectivity index (χ4v) is 4.48. The molecule has 1 fully saturated rings. The van der Waals surface area contributed by atoms with Crippen LogP contribution in [0.3, 0.4) is 0 Å². The van der Waals surface area contributed by atoms with Gasteiger partial charge in [-0.3, -0.25) is 4.79 Å². The first-order chi connectivity index (χ1) is 15.2. The number of ether oxygens (including phenoxy) is 1. The zero-order valence-electron chi connectivity index (χ0n) is 19.7. The van der Waals surface area contributed by atoms with Crippen LogP contribution in [0.15, 0.2) is 48.5 Å².